The van der Waals surface area contributed by atoms with Crippen LogP contribution in [0.1, 0.15) is 16.8 Å². The molecule has 1 rings (SSSR count). The smallest absolute Gasteiger partial charge is 0.225 e. The Morgan fingerprint density at radius 3 is 2.38 bits per heavy atom. The van der Waals surface area contributed by atoms with E-state index in [-0.39, 0.29) is 12.2 Å². The van der Waals surface area contributed by atoms with Gasteiger partial charge < -0.3 is 11.5 Å². The minimum atomic E-state index is -0.645. The van der Waals surface area contributed by atoms with Gasteiger partial charge >= 0.3 is 0 Å². The van der Waals surface area contributed by atoms with E-state index in [9.17, 15) is 9.59 Å². The summed E-state index contributed by atoms with van der Waals surface area (Å²) in [7, 11) is 0. The van der Waals surface area contributed by atoms with Crippen LogP contribution in [-0.2, 0) is 4.79 Å². The third-order valence-corrected chi connectivity index (χ3v) is 1.60. The molecule has 4 N–H and O–H groups in total. The first-order valence-electron chi connectivity index (χ1n) is 3.77. The van der Waals surface area contributed by atoms with Gasteiger partial charge in [0.1, 0.15) is 0 Å². The number of carbonyl (C=O) groups is 2. The Hall–Kier alpha value is -1.84. The van der Waals surface area contributed by atoms with E-state index < -0.39 is 5.91 Å². The summed E-state index contributed by atoms with van der Waals surface area (Å²) < 4.78 is 0. The van der Waals surface area contributed by atoms with Gasteiger partial charge in [-0.15, -0.1) is 0 Å². The molecule has 0 radical (unpaired) electrons. The number of hydrogen-bond acceptors (Lipinski definition) is 3. The van der Waals surface area contributed by atoms with E-state index in [4.69, 9.17) is 11.5 Å². The Kier molecular flexibility index (Phi) is 2.64. The highest BCUT2D eigenvalue weighted by Gasteiger charge is 2.10. The highest BCUT2D eigenvalue weighted by molar-refractivity contribution is 6.09. The zero-order valence-electron chi connectivity index (χ0n) is 6.99. The fourth-order valence-corrected chi connectivity index (χ4v) is 1.00. The molecule has 0 spiro atoms. The zero-order valence-corrected chi connectivity index (χ0v) is 6.99. The number of benzene rings is 1. The van der Waals surface area contributed by atoms with Crippen LogP contribution in [0.4, 0.5) is 5.69 Å². The highest BCUT2D eigenvalue weighted by atomic mass is 16.2. The van der Waals surface area contributed by atoms with E-state index in [0.29, 0.717) is 11.3 Å². The summed E-state index contributed by atoms with van der Waals surface area (Å²) in [6, 6.07) is 6.58. The molecule has 0 heterocycles. The van der Waals surface area contributed by atoms with Crippen LogP contribution in [0.25, 0.3) is 0 Å². The van der Waals surface area contributed by atoms with E-state index in [2.05, 4.69) is 0 Å². The lowest BCUT2D eigenvalue weighted by atomic mass is 10.1. The molecule has 0 aromatic heterocycles. The average Bonchev–Trinajstić information content (AvgIpc) is 2.03. The molecule has 0 unspecified atom stereocenters. The second kappa shape index (κ2) is 3.71. The van der Waals surface area contributed by atoms with Gasteiger partial charge in [-0.1, -0.05) is 12.1 Å². The van der Waals surface area contributed by atoms with Crippen molar-refractivity contribution in [2.24, 2.45) is 5.73 Å². The SMILES string of the molecule is NC(=O)CC(=O)c1ccccc1N. The molecule has 0 aliphatic heterocycles. The number of ketones is 1. The van der Waals surface area contributed by atoms with Gasteiger partial charge in [-0.2, -0.15) is 0 Å². The Labute approximate surface area is 75.5 Å². The molecule has 1 aromatic rings. The maximum Gasteiger partial charge on any atom is 0.225 e. The van der Waals surface area contributed by atoms with Gasteiger partial charge in [0.15, 0.2) is 5.78 Å². The number of Topliss-reactive ketones (excluding diaryl/α,β-unsaturated/α-hetero) is 1. The molecule has 4 heteroatoms. The molecule has 0 bridgehead atoms. The van der Waals surface area contributed by atoms with Crippen LogP contribution >= 0.6 is 0 Å². The summed E-state index contributed by atoms with van der Waals surface area (Å²) in [5.41, 5.74) is 11.1. The molecule has 0 aliphatic rings. The van der Waals surface area contributed by atoms with Crippen molar-refractivity contribution in [3.63, 3.8) is 0 Å². The number of primary amides is 1. The molecule has 1 amide bonds. The lowest BCUT2D eigenvalue weighted by Crippen LogP contribution is -2.17. The molecule has 1 aromatic carbocycles. The van der Waals surface area contributed by atoms with Crippen LogP contribution < -0.4 is 11.5 Å². The van der Waals surface area contributed by atoms with Gasteiger partial charge in [-0.3, -0.25) is 9.59 Å². The molecule has 0 atom stereocenters. The Morgan fingerprint density at radius 1 is 1.23 bits per heavy atom. The van der Waals surface area contributed by atoms with E-state index in [0.717, 1.165) is 0 Å². The normalized spacial score (nSPS) is 9.54. The fourth-order valence-electron chi connectivity index (χ4n) is 1.00. The third kappa shape index (κ3) is 2.30. The third-order valence-electron chi connectivity index (χ3n) is 1.60. The number of para-hydroxylation sites is 1. The Morgan fingerprint density at radius 2 is 1.85 bits per heavy atom. The molecular formula is C9H10N2O2. The molecule has 0 saturated carbocycles. The standard InChI is InChI=1S/C9H10N2O2/c10-7-4-2-1-3-6(7)8(12)5-9(11)13/h1-4H,5,10H2,(H2,11,13). The van der Waals surface area contributed by atoms with Crippen LogP contribution in [0.2, 0.25) is 0 Å². The van der Waals surface area contributed by atoms with Crippen molar-refractivity contribution in [2.45, 2.75) is 6.42 Å². The van der Waals surface area contributed by atoms with Crippen molar-refractivity contribution in [1.29, 1.82) is 0 Å². The summed E-state index contributed by atoms with van der Waals surface area (Å²) >= 11 is 0. The summed E-state index contributed by atoms with van der Waals surface area (Å²) in [6.45, 7) is 0. The van der Waals surface area contributed by atoms with Gasteiger partial charge in [0.2, 0.25) is 5.91 Å². The molecule has 0 fully saturated rings. The van der Waals surface area contributed by atoms with Crippen LogP contribution in [0.5, 0.6) is 0 Å². The first-order valence-corrected chi connectivity index (χ1v) is 3.77. The first kappa shape index (κ1) is 9.25. The second-order valence-corrected chi connectivity index (χ2v) is 2.65. The van der Waals surface area contributed by atoms with E-state index in [1.165, 1.54) is 0 Å². The number of nitrogen functional groups attached to an aromatic ring is 1. The van der Waals surface area contributed by atoms with E-state index in [1.807, 2.05) is 0 Å². The minimum absolute atomic E-state index is 0.297. The summed E-state index contributed by atoms with van der Waals surface area (Å²) in [6.07, 6.45) is -0.297. The minimum Gasteiger partial charge on any atom is -0.398 e. The van der Waals surface area contributed by atoms with Crippen LogP contribution in [-0.4, -0.2) is 11.7 Å². The lowest BCUT2D eigenvalue weighted by Gasteiger charge is -2.01. The van der Waals surface area contributed by atoms with Crippen LogP contribution in [0, 0.1) is 0 Å². The van der Waals surface area contributed by atoms with Crippen molar-refractivity contribution in [3.8, 4) is 0 Å². The Bertz CT molecular complexity index is 347. The number of carbonyl (C=O) groups excluding carboxylic acids is 2. The monoisotopic (exact) mass is 178 g/mol. The predicted molar refractivity (Wildman–Crippen MR) is 49.0 cm³/mol. The van der Waals surface area contributed by atoms with E-state index in [1.54, 1.807) is 24.3 Å². The molecule has 0 aliphatic carbocycles. The van der Waals surface area contributed by atoms with Crippen molar-refractivity contribution in [3.05, 3.63) is 29.8 Å². The molecular weight excluding hydrogens is 168 g/mol. The summed E-state index contributed by atoms with van der Waals surface area (Å²) in [4.78, 5) is 21.8. The van der Waals surface area contributed by atoms with Crippen molar-refractivity contribution in [2.75, 3.05) is 5.73 Å². The summed E-state index contributed by atoms with van der Waals surface area (Å²) in [5.74, 6) is -0.987. The number of anilines is 1. The average molecular weight is 178 g/mol. The van der Waals surface area contributed by atoms with Gasteiger partial charge in [0, 0.05) is 11.3 Å². The zero-order chi connectivity index (χ0) is 9.84. The van der Waals surface area contributed by atoms with Crippen molar-refractivity contribution < 1.29 is 9.59 Å². The molecule has 68 valence electrons. The fraction of sp³-hybridized carbons (Fsp3) is 0.111. The maximum atomic E-state index is 11.3. The van der Waals surface area contributed by atoms with Crippen LogP contribution in [0.15, 0.2) is 24.3 Å². The van der Waals surface area contributed by atoms with Gasteiger partial charge in [0.25, 0.3) is 0 Å². The van der Waals surface area contributed by atoms with Crippen LogP contribution in [0.3, 0.4) is 0 Å². The van der Waals surface area contributed by atoms with E-state index >= 15 is 0 Å². The number of hydrogen-bond donors (Lipinski definition) is 2. The van der Waals surface area contributed by atoms with Crippen molar-refractivity contribution >= 4 is 17.4 Å². The molecule has 0 saturated heterocycles. The molecule has 4 nitrogen and oxygen atoms in total. The van der Waals surface area contributed by atoms with Gasteiger partial charge in [-0.05, 0) is 12.1 Å². The van der Waals surface area contributed by atoms with Crippen molar-refractivity contribution in [1.82, 2.24) is 0 Å². The number of rotatable bonds is 3. The predicted octanol–water partition coefficient (Wildman–Crippen LogP) is 0.327. The van der Waals surface area contributed by atoms with Gasteiger partial charge in [-0.25, -0.2) is 0 Å². The second-order valence-electron chi connectivity index (χ2n) is 2.65. The largest absolute Gasteiger partial charge is 0.398 e. The molecule has 13 heavy (non-hydrogen) atoms. The Balaban J connectivity index is 2.89. The number of nitrogens with two attached hydrogens (primary N) is 2. The quantitative estimate of drug-likeness (QED) is 0.397. The summed E-state index contributed by atoms with van der Waals surface area (Å²) in [5, 5.41) is 0. The maximum absolute atomic E-state index is 11.3. The van der Waals surface area contributed by atoms with Gasteiger partial charge in [0.05, 0.1) is 6.42 Å². The lowest BCUT2D eigenvalue weighted by molar-refractivity contribution is -0.117. The first-order chi connectivity index (χ1) is 6.11. The topological polar surface area (TPSA) is 86.2 Å². The number of amides is 1. The highest BCUT2D eigenvalue weighted by Crippen LogP contribution is 2.12.